The van der Waals surface area contributed by atoms with Crippen LogP contribution in [-0.2, 0) is 20.0 Å². The molecule has 0 aliphatic rings. The van der Waals surface area contributed by atoms with Gasteiger partial charge in [-0.2, -0.15) is 0 Å². The molecule has 0 heterocycles. The number of benzene rings is 3. The van der Waals surface area contributed by atoms with Gasteiger partial charge in [0, 0.05) is 16.8 Å². The van der Waals surface area contributed by atoms with Gasteiger partial charge in [0.15, 0.2) is 0 Å². The van der Waals surface area contributed by atoms with E-state index in [1.807, 2.05) is 0 Å². The zero-order chi connectivity index (χ0) is 22.6. The molecule has 2 N–H and O–H groups in total. The molecule has 0 radical (unpaired) electrons. The molecule has 3 aromatic carbocycles. The van der Waals surface area contributed by atoms with Crippen LogP contribution in [0.25, 0.3) is 0 Å². The van der Waals surface area contributed by atoms with Gasteiger partial charge in [0.05, 0.1) is 29.7 Å². The lowest BCUT2D eigenvalue weighted by molar-refractivity contribution is 0.395. The maximum absolute atomic E-state index is 12.7. The minimum Gasteiger partial charge on any atom is -0.497 e. The Balaban J connectivity index is 1.79. The number of rotatable bonds is 8. The van der Waals surface area contributed by atoms with E-state index in [0.29, 0.717) is 10.8 Å². The van der Waals surface area contributed by atoms with Gasteiger partial charge in [-0.1, -0.05) is 11.6 Å². The molecule has 3 rings (SSSR count). The molecule has 0 bridgehead atoms. The highest BCUT2D eigenvalue weighted by molar-refractivity contribution is 7.93. The Hall–Kier alpha value is -2.95. The minimum atomic E-state index is -3.95. The zero-order valence-corrected chi connectivity index (χ0v) is 18.9. The molecule has 0 amide bonds. The summed E-state index contributed by atoms with van der Waals surface area (Å²) in [4.78, 5) is -0.0262. The van der Waals surface area contributed by atoms with Gasteiger partial charge in [-0.05, 0) is 60.7 Å². The highest BCUT2D eigenvalue weighted by Crippen LogP contribution is 2.31. The third-order valence-electron chi connectivity index (χ3n) is 4.19. The summed E-state index contributed by atoms with van der Waals surface area (Å²) in [6, 6.07) is 15.6. The van der Waals surface area contributed by atoms with Gasteiger partial charge in [0.2, 0.25) is 0 Å². The molecule has 31 heavy (non-hydrogen) atoms. The first-order chi connectivity index (χ1) is 14.6. The van der Waals surface area contributed by atoms with E-state index in [1.54, 1.807) is 12.1 Å². The predicted molar refractivity (Wildman–Crippen MR) is 119 cm³/mol. The summed E-state index contributed by atoms with van der Waals surface area (Å²) in [5.74, 6) is 0.799. The molecule has 0 unspecified atom stereocenters. The van der Waals surface area contributed by atoms with Crippen molar-refractivity contribution in [2.24, 2.45) is 0 Å². The maximum atomic E-state index is 12.7. The first-order valence-electron chi connectivity index (χ1n) is 8.78. The standard InChI is InChI=1S/C20H19ClN2O6S2/c1-28-16-7-12-19(20(13-16)29-2)23-31(26,27)18-10-5-15(6-11-18)22-30(24,25)17-8-3-14(21)4-9-17/h3-13,22-23H,1-2H3. The molecule has 0 saturated carbocycles. The molecule has 3 aromatic rings. The monoisotopic (exact) mass is 482 g/mol. The van der Waals surface area contributed by atoms with Crippen molar-refractivity contribution in [1.29, 1.82) is 0 Å². The normalized spacial score (nSPS) is 11.6. The summed E-state index contributed by atoms with van der Waals surface area (Å²) < 4.78 is 65.5. The van der Waals surface area contributed by atoms with Crippen LogP contribution in [0.1, 0.15) is 0 Å². The van der Waals surface area contributed by atoms with Crippen molar-refractivity contribution >= 4 is 43.0 Å². The van der Waals surface area contributed by atoms with Crippen molar-refractivity contribution in [1.82, 2.24) is 0 Å². The molecule has 0 fully saturated rings. The minimum absolute atomic E-state index is 0.0295. The van der Waals surface area contributed by atoms with Crippen molar-refractivity contribution < 1.29 is 26.3 Å². The van der Waals surface area contributed by atoms with Gasteiger partial charge in [0.1, 0.15) is 11.5 Å². The number of hydrogen-bond donors (Lipinski definition) is 2. The van der Waals surface area contributed by atoms with E-state index in [-0.39, 0.29) is 26.9 Å². The lowest BCUT2D eigenvalue weighted by Gasteiger charge is -2.13. The Morgan fingerprint density at radius 3 is 1.81 bits per heavy atom. The summed E-state index contributed by atoms with van der Waals surface area (Å²) in [6.45, 7) is 0. The number of sulfonamides is 2. The van der Waals surface area contributed by atoms with Crippen LogP contribution < -0.4 is 18.9 Å². The molecule has 0 aliphatic heterocycles. The van der Waals surface area contributed by atoms with Crippen LogP contribution in [0.3, 0.4) is 0 Å². The van der Waals surface area contributed by atoms with E-state index in [1.165, 1.54) is 68.8 Å². The highest BCUT2D eigenvalue weighted by Gasteiger charge is 2.18. The van der Waals surface area contributed by atoms with Crippen LogP contribution in [0.4, 0.5) is 11.4 Å². The molecule has 164 valence electrons. The van der Waals surface area contributed by atoms with E-state index in [2.05, 4.69) is 9.44 Å². The molecule has 0 aliphatic carbocycles. The third-order valence-corrected chi connectivity index (χ3v) is 7.22. The fourth-order valence-corrected chi connectivity index (χ4v) is 4.87. The van der Waals surface area contributed by atoms with Crippen LogP contribution in [-0.4, -0.2) is 31.1 Å². The summed E-state index contributed by atoms with van der Waals surface area (Å²) in [5.41, 5.74) is 0.437. The maximum Gasteiger partial charge on any atom is 0.262 e. The largest absolute Gasteiger partial charge is 0.497 e. The van der Waals surface area contributed by atoms with Crippen LogP contribution >= 0.6 is 11.6 Å². The molecule has 0 spiro atoms. The number of nitrogens with one attached hydrogen (secondary N) is 2. The smallest absolute Gasteiger partial charge is 0.262 e. The Bertz CT molecular complexity index is 1280. The predicted octanol–water partition coefficient (Wildman–Crippen LogP) is 3.96. The molecular formula is C20H19ClN2O6S2. The molecule has 0 atom stereocenters. The zero-order valence-electron chi connectivity index (χ0n) is 16.5. The van der Waals surface area contributed by atoms with E-state index in [4.69, 9.17) is 21.1 Å². The Morgan fingerprint density at radius 1 is 0.710 bits per heavy atom. The summed E-state index contributed by atoms with van der Waals surface area (Å²) in [7, 11) is -4.89. The summed E-state index contributed by atoms with van der Waals surface area (Å²) in [5, 5.41) is 0.412. The fraction of sp³-hybridized carbons (Fsp3) is 0.100. The number of methoxy groups -OCH3 is 2. The Morgan fingerprint density at radius 2 is 1.26 bits per heavy atom. The van der Waals surface area contributed by atoms with Crippen LogP contribution in [0.5, 0.6) is 11.5 Å². The van der Waals surface area contributed by atoms with E-state index >= 15 is 0 Å². The van der Waals surface area contributed by atoms with E-state index < -0.39 is 20.0 Å². The van der Waals surface area contributed by atoms with Crippen LogP contribution in [0, 0.1) is 0 Å². The topological polar surface area (TPSA) is 111 Å². The lowest BCUT2D eigenvalue weighted by atomic mass is 10.3. The van der Waals surface area contributed by atoms with Gasteiger partial charge in [-0.25, -0.2) is 16.8 Å². The molecule has 0 saturated heterocycles. The average molecular weight is 483 g/mol. The first-order valence-corrected chi connectivity index (χ1v) is 12.1. The van der Waals surface area contributed by atoms with E-state index in [9.17, 15) is 16.8 Å². The second-order valence-corrected chi connectivity index (χ2v) is 10.1. The average Bonchev–Trinajstić information content (AvgIpc) is 2.74. The lowest BCUT2D eigenvalue weighted by Crippen LogP contribution is -2.15. The molecule has 0 aromatic heterocycles. The highest BCUT2D eigenvalue weighted by atomic mass is 35.5. The number of anilines is 2. The van der Waals surface area contributed by atoms with Gasteiger partial charge in [0.25, 0.3) is 20.0 Å². The molecule has 11 heteroatoms. The number of halogens is 1. The number of ether oxygens (including phenoxy) is 2. The fourth-order valence-electron chi connectivity index (χ4n) is 2.62. The quantitative estimate of drug-likeness (QED) is 0.502. The Labute approximate surface area is 185 Å². The summed E-state index contributed by atoms with van der Waals surface area (Å²) in [6.07, 6.45) is 0. The van der Waals surface area contributed by atoms with Crippen molar-refractivity contribution in [3.8, 4) is 11.5 Å². The number of hydrogen-bond acceptors (Lipinski definition) is 6. The Kier molecular flexibility index (Phi) is 6.63. The van der Waals surface area contributed by atoms with Crippen molar-refractivity contribution in [3.63, 3.8) is 0 Å². The van der Waals surface area contributed by atoms with Gasteiger partial charge >= 0.3 is 0 Å². The third kappa shape index (κ3) is 5.40. The van der Waals surface area contributed by atoms with Gasteiger partial charge in [-0.3, -0.25) is 9.44 Å². The second kappa shape index (κ2) is 9.04. The molecule has 8 nitrogen and oxygen atoms in total. The summed E-state index contributed by atoms with van der Waals surface area (Å²) >= 11 is 5.78. The van der Waals surface area contributed by atoms with E-state index in [0.717, 1.165) is 0 Å². The van der Waals surface area contributed by atoms with Crippen molar-refractivity contribution in [2.45, 2.75) is 9.79 Å². The first kappa shape index (κ1) is 22.7. The van der Waals surface area contributed by atoms with Gasteiger partial charge in [-0.15, -0.1) is 0 Å². The van der Waals surface area contributed by atoms with Crippen molar-refractivity contribution in [2.75, 3.05) is 23.7 Å². The van der Waals surface area contributed by atoms with Crippen molar-refractivity contribution in [3.05, 3.63) is 71.8 Å². The molecular weight excluding hydrogens is 464 g/mol. The SMILES string of the molecule is COc1ccc(NS(=O)(=O)c2ccc(NS(=O)(=O)c3ccc(Cl)cc3)cc2)c(OC)c1. The van der Waals surface area contributed by atoms with Gasteiger partial charge < -0.3 is 9.47 Å². The van der Waals surface area contributed by atoms with Crippen LogP contribution in [0.2, 0.25) is 5.02 Å². The second-order valence-electron chi connectivity index (χ2n) is 6.26. The van der Waals surface area contributed by atoms with Crippen LogP contribution in [0.15, 0.2) is 76.5 Å².